The molecule has 0 amide bonds. The summed E-state index contributed by atoms with van der Waals surface area (Å²) in [7, 11) is 0. The van der Waals surface area contributed by atoms with Crippen molar-refractivity contribution < 1.29 is 4.92 Å². The molecule has 1 aromatic heterocycles. The van der Waals surface area contributed by atoms with Gasteiger partial charge in [-0.05, 0) is 25.0 Å². The number of benzene rings is 1. The Hall–Kier alpha value is -2.94. The lowest BCUT2D eigenvalue weighted by Gasteiger charge is -2.12. The summed E-state index contributed by atoms with van der Waals surface area (Å²) in [6.07, 6.45) is 0. The molecule has 0 spiro atoms. The normalized spacial score (nSPS) is 10.1. The molecule has 0 unspecified atom stereocenters. The molecule has 6 nitrogen and oxygen atoms in total. The van der Waals surface area contributed by atoms with Crippen LogP contribution in [-0.4, -0.2) is 9.91 Å². The second kappa shape index (κ2) is 4.97. The number of hydrogen-bond acceptors (Lipinski definition) is 5. The molecule has 0 atom stereocenters. The zero-order chi connectivity index (χ0) is 14.9. The topological polar surface area (TPSA) is 106 Å². The number of nitrogen functional groups attached to an aromatic ring is 1. The quantitative estimate of drug-likeness (QED) is 0.665. The average molecular weight is 268 g/mol. The van der Waals surface area contributed by atoms with Gasteiger partial charge in [0.2, 0.25) is 0 Å². The first-order valence-electron chi connectivity index (χ1n) is 5.87. The van der Waals surface area contributed by atoms with Crippen LogP contribution in [0.5, 0.6) is 0 Å². The summed E-state index contributed by atoms with van der Waals surface area (Å²) in [6.45, 7) is 3.60. The van der Waals surface area contributed by atoms with Gasteiger partial charge in [-0.1, -0.05) is 12.1 Å². The molecule has 2 N–H and O–H groups in total. The Kier molecular flexibility index (Phi) is 3.36. The molecule has 0 aliphatic rings. The number of nitrogens with two attached hydrogens (primary N) is 1. The summed E-state index contributed by atoms with van der Waals surface area (Å²) >= 11 is 0. The fourth-order valence-corrected chi connectivity index (χ4v) is 2.07. The van der Waals surface area contributed by atoms with Crippen molar-refractivity contribution in [1.29, 1.82) is 5.26 Å². The molecule has 2 rings (SSSR count). The Morgan fingerprint density at radius 2 is 2.10 bits per heavy atom. The van der Waals surface area contributed by atoms with Gasteiger partial charge in [-0.15, -0.1) is 0 Å². The molecular formula is C14H12N4O2. The van der Waals surface area contributed by atoms with Gasteiger partial charge in [-0.25, -0.2) is 4.98 Å². The number of anilines is 1. The monoisotopic (exact) mass is 268 g/mol. The minimum absolute atomic E-state index is 0.0289. The molecular weight excluding hydrogens is 256 g/mol. The van der Waals surface area contributed by atoms with E-state index < -0.39 is 4.92 Å². The molecule has 0 aliphatic carbocycles. The van der Waals surface area contributed by atoms with Crippen LogP contribution in [0.15, 0.2) is 24.3 Å². The highest BCUT2D eigenvalue weighted by atomic mass is 16.6. The standard InChI is InChI=1S/C14H12N4O2/c1-8-9(2)17-14(16)12(7-15)13(8)10-4-3-5-11(6-10)18(19)20/h3-6H,1-2H3,(H2,16,17). The van der Waals surface area contributed by atoms with Crippen LogP contribution >= 0.6 is 0 Å². The first kappa shape index (κ1) is 13.5. The van der Waals surface area contributed by atoms with E-state index in [1.54, 1.807) is 19.1 Å². The number of non-ortho nitro benzene ring substituents is 1. The van der Waals surface area contributed by atoms with Gasteiger partial charge in [0.25, 0.3) is 5.69 Å². The van der Waals surface area contributed by atoms with Gasteiger partial charge in [0.15, 0.2) is 0 Å². The number of pyridine rings is 1. The molecule has 6 heteroatoms. The van der Waals surface area contributed by atoms with E-state index in [0.717, 1.165) is 5.56 Å². The van der Waals surface area contributed by atoms with E-state index in [2.05, 4.69) is 4.98 Å². The van der Waals surface area contributed by atoms with Crippen LogP contribution in [0.4, 0.5) is 11.5 Å². The number of nitriles is 1. The molecule has 1 aromatic carbocycles. The van der Waals surface area contributed by atoms with Gasteiger partial charge in [-0.2, -0.15) is 5.26 Å². The summed E-state index contributed by atoms with van der Waals surface area (Å²) < 4.78 is 0. The van der Waals surface area contributed by atoms with E-state index in [9.17, 15) is 15.4 Å². The highest BCUT2D eigenvalue weighted by Gasteiger charge is 2.17. The largest absolute Gasteiger partial charge is 0.383 e. The number of nitrogens with zero attached hydrogens (tertiary/aromatic N) is 3. The van der Waals surface area contributed by atoms with E-state index in [4.69, 9.17) is 5.73 Å². The van der Waals surface area contributed by atoms with E-state index in [1.807, 2.05) is 13.0 Å². The third-order valence-electron chi connectivity index (χ3n) is 3.17. The van der Waals surface area contributed by atoms with Crippen molar-refractivity contribution in [2.75, 3.05) is 5.73 Å². The average Bonchev–Trinajstić information content (AvgIpc) is 2.42. The number of rotatable bonds is 2. The lowest BCUT2D eigenvalue weighted by Crippen LogP contribution is -2.03. The second-order valence-electron chi connectivity index (χ2n) is 4.38. The van der Waals surface area contributed by atoms with Crippen molar-refractivity contribution in [2.45, 2.75) is 13.8 Å². The van der Waals surface area contributed by atoms with Crippen LogP contribution < -0.4 is 5.73 Å². The van der Waals surface area contributed by atoms with Crippen LogP contribution in [0.25, 0.3) is 11.1 Å². The van der Waals surface area contributed by atoms with Crippen LogP contribution in [0, 0.1) is 35.3 Å². The third kappa shape index (κ3) is 2.17. The van der Waals surface area contributed by atoms with Gasteiger partial charge in [-0.3, -0.25) is 10.1 Å². The van der Waals surface area contributed by atoms with Crippen LogP contribution in [0.3, 0.4) is 0 Å². The zero-order valence-corrected chi connectivity index (χ0v) is 11.0. The maximum Gasteiger partial charge on any atom is 0.270 e. The number of nitro groups is 1. The predicted octanol–water partition coefficient (Wildman–Crippen LogP) is 2.73. The molecule has 0 saturated heterocycles. The molecule has 20 heavy (non-hydrogen) atoms. The molecule has 0 saturated carbocycles. The SMILES string of the molecule is Cc1nc(N)c(C#N)c(-c2cccc([N+](=O)[O-])c2)c1C. The van der Waals surface area contributed by atoms with Crippen molar-refractivity contribution in [3.63, 3.8) is 0 Å². The Morgan fingerprint density at radius 3 is 2.70 bits per heavy atom. The van der Waals surface area contributed by atoms with Gasteiger partial charge in [0.05, 0.1) is 4.92 Å². The molecule has 0 aliphatic heterocycles. The van der Waals surface area contributed by atoms with E-state index in [0.29, 0.717) is 16.8 Å². The third-order valence-corrected chi connectivity index (χ3v) is 3.17. The second-order valence-corrected chi connectivity index (χ2v) is 4.38. The predicted molar refractivity (Wildman–Crippen MR) is 74.9 cm³/mol. The molecule has 2 aromatic rings. The van der Waals surface area contributed by atoms with E-state index in [1.165, 1.54) is 12.1 Å². The van der Waals surface area contributed by atoms with Gasteiger partial charge >= 0.3 is 0 Å². The number of aryl methyl sites for hydroxylation is 1. The Balaban J connectivity index is 2.79. The Labute approximate surface area is 115 Å². The van der Waals surface area contributed by atoms with E-state index >= 15 is 0 Å². The van der Waals surface area contributed by atoms with Crippen LogP contribution in [0.1, 0.15) is 16.8 Å². The van der Waals surface area contributed by atoms with Gasteiger partial charge in [0, 0.05) is 23.4 Å². The van der Waals surface area contributed by atoms with Crippen LogP contribution in [0.2, 0.25) is 0 Å². The summed E-state index contributed by atoms with van der Waals surface area (Å²) in [5.74, 6) is 0.136. The van der Waals surface area contributed by atoms with Gasteiger partial charge in [0.1, 0.15) is 17.5 Å². The number of aromatic nitrogens is 1. The first-order chi connectivity index (χ1) is 9.45. The molecule has 0 fully saturated rings. The summed E-state index contributed by atoms with van der Waals surface area (Å²) in [4.78, 5) is 14.5. The zero-order valence-electron chi connectivity index (χ0n) is 11.0. The van der Waals surface area contributed by atoms with Crippen molar-refractivity contribution in [1.82, 2.24) is 4.98 Å². The van der Waals surface area contributed by atoms with Crippen molar-refractivity contribution in [3.8, 4) is 17.2 Å². The maximum atomic E-state index is 10.9. The maximum absolute atomic E-state index is 10.9. The first-order valence-corrected chi connectivity index (χ1v) is 5.87. The Bertz CT molecular complexity index is 748. The molecule has 0 bridgehead atoms. The lowest BCUT2D eigenvalue weighted by molar-refractivity contribution is -0.384. The number of nitro benzene ring substituents is 1. The van der Waals surface area contributed by atoms with Crippen molar-refractivity contribution in [2.24, 2.45) is 0 Å². The fraction of sp³-hybridized carbons (Fsp3) is 0.143. The Morgan fingerprint density at radius 1 is 1.40 bits per heavy atom. The highest BCUT2D eigenvalue weighted by Crippen LogP contribution is 2.33. The number of hydrogen-bond donors (Lipinski definition) is 1. The molecule has 100 valence electrons. The lowest BCUT2D eigenvalue weighted by atomic mass is 9.95. The summed E-state index contributed by atoms with van der Waals surface area (Å²) in [6, 6.07) is 8.16. The minimum Gasteiger partial charge on any atom is -0.383 e. The van der Waals surface area contributed by atoms with Crippen molar-refractivity contribution >= 4 is 11.5 Å². The molecule has 0 radical (unpaired) electrons. The summed E-state index contributed by atoms with van der Waals surface area (Å²) in [5, 5.41) is 20.1. The fourth-order valence-electron chi connectivity index (χ4n) is 2.07. The molecule has 1 heterocycles. The van der Waals surface area contributed by atoms with Crippen LogP contribution in [-0.2, 0) is 0 Å². The minimum atomic E-state index is -0.470. The summed E-state index contributed by atoms with van der Waals surface area (Å²) in [5.41, 5.74) is 8.66. The van der Waals surface area contributed by atoms with Gasteiger partial charge < -0.3 is 5.73 Å². The highest BCUT2D eigenvalue weighted by molar-refractivity contribution is 5.79. The van der Waals surface area contributed by atoms with Crippen molar-refractivity contribution in [3.05, 3.63) is 51.2 Å². The van der Waals surface area contributed by atoms with E-state index in [-0.39, 0.29) is 17.1 Å². The smallest absolute Gasteiger partial charge is 0.270 e.